The summed E-state index contributed by atoms with van der Waals surface area (Å²) in [4.78, 5) is 49.8. The zero-order valence-corrected chi connectivity index (χ0v) is 15.5. The van der Waals surface area contributed by atoms with Crippen LogP contribution in [-0.2, 0) is 25.6 Å². The predicted molar refractivity (Wildman–Crippen MR) is 103 cm³/mol. The Morgan fingerprint density at radius 2 is 1.64 bits per heavy atom. The van der Waals surface area contributed by atoms with Gasteiger partial charge < -0.3 is 32.0 Å². The van der Waals surface area contributed by atoms with Gasteiger partial charge >= 0.3 is 0 Å². The first-order valence-corrected chi connectivity index (χ1v) is 8.72. The van der Waals surface area contributed by atoms with Gasteiger partial charge in [0, 0.05) is 23.5 Å². The lowest BCUT2D eigenvalue weighted by Gasteiger charge is -2.15. The lowest BCUT2D eigenvalue weighted by atomic mass is 10.0. The van der Waals surface area contributed by atoms with Crippen LogP contribution in [0.5, 0.6) is 0 Å². The van der Waals surface area contributed by atoms with Crippen LogP contribution in [0.15, 0.2) is 30.5 Å². The zero-order chi connectivity index (χ0) is 20.5. The number of nitrogens with one attached hydrogen (secondary N) is 5. The molecule has 0 saturated heterocycles. The first kappa shape index (κ1) is 20.9. The molecule has 0 fully saturated rings. The van der Waals surface area contributed by atoms with Gasteiger partial charge in [-0.1, -0.05) is 18.2 Å². The number of likely N-dealkylation sites (N-methyl/N-ethyl adjacent to an activating group) is 1. The van der Waals surface area contributed by atoms with E-state index < -0.39 is 23.8 Å². The molecule has 10 nitrogen and oxygen atoms in total. The lowest BCUT2D eigenvalue weighted by molar-refractivity contribution is -0.129. The first-order valence-electron chi connectivity index (χ1n) is 8.72. The van der Waals surface area contributed by atoms with Gasteiger partial charge in [0.25, 0.3) is 0 Å². The maximum Gasteiger partial charge on any atom is 0.240 e. The minimum absolute atomic E-state index is 0.0852. The fourth-order valence-electron chi connectivity index (χ4n) is 2.63. The van der Waals surface area contributed by atoms with Gasteiger partial charge in [0.05, 0.1) is 19.6 Å². The normalized spacial score (nSPS) is 11.6. The Morgan fingerprint density at radius 1 is 1.00 bits per heavy atom. The molecule has 0 aliphatic rings. The first-order chi connectivity index (χ1) is 13.4. The molecule has 1 unspecified atom stereocenters. The van der Waals surface area contributed by atoms with E-state index in [-0.39, 0.29) is 32.0 Å². The molecule has 1 heterocycles. The maximum atomic E-state index is 12.1. The number of aromatic nitrogens is 1. The lowest BCUT2D eigenvalue weighted by Crippen LogP contribution is -2.50. The van der Waals surface area contributed by atoms with Gasteiger partial charge in [-0.25, -0.2) is 0 Å². The Balaban J connectivity index is 1.85. The summed E-state index contributed by atoms with van der Waals surface area (Å²) in [6.07, 6.45) is 1.99. The average Bonchev–Trinajstić information content (AvgIpc) is 3.07. The van der Waals surface area contributed by atoms with E-state index in [1.54, 1.807) is 13.2 Å². The van der Waals surface area contributed by atoms with Crippen molar-refractivity contribution < 1.29 is 19.2 Å². The van der Waals surface area contributed by atoms with E-state index in [2.05, 4.69) is 26.3 Å². The third kappa shape index (κ3) is 6.09. The highest BCUT2D eigenvalue weighted by Crippen LogP contribution is 2.19. The van der Waals surface area contributed by atoms with Crippen LogP contribution < -0.4 is 27.0 Å². The van der Waals surface area contributed by atoms with Crippen LogP contribution in [-0.4, -0.2) is 61.3 Å². The van der Waals surface area contributed by atoms with Crippen molar-refractivity contribution in [2.45, 2.75) is 12.5 Å². The minimum Gasteiger partial charge on any atom is -0.368 e. The number of hydrogen-bond acceptors (Lipinski definition) is 5. The summed E-state index contributed by atoms with van der Waals surface area (Å²) < 4.78 is 0. The molecule has 2 aromatic rings. The van der Waals surface area contributed by atoms with E-state index in [1.807, 2.05) is 24.3 Å². The Morgan fingerprint density at radius 3 is 2.32 bits per heavy atom. The van der Waals surface area contributed by atoms with Crippen LogP contribution in [0.2, 0.25) is 0 Å². The van der Waals surface area contributed by atoms with E-state index in [1.165, 1.54) is 0 Å². The fourth-order valence-corrected chi connectivity index (χ4v) is 2.63. The number of para-hydroxylation sites is 1. The summed E-state index contributed by atoms with van der Waals surface area (Å²) in [6, 6.07) is 6.66. The van der Waals surface area contributed by atoms with Gasteiger partial charge in [0.1, 0.15) is 6.04 Å². The number of carbonyl (C=O) groups excluding carboxylic acids is 4. The standard InChI is InChI=1S/C18H24N6O4/c1-20-8-15(25)22-9-16(26)23-10-17(27)24-14(18(19)28)6-11-7-21-13-5-3-2-4-12(11)13/h2-5,7,14,20-21H,6,8-10H2,1H3,(H2,19,28)(H,22,25)(H,23,26)(H,24,27). The van der Waals surface area contributed by atoms with Gasteiger partial charge in [-0.05, 0) is 18.7 Å². The molecular formula is C18H24N6O4. The molecule has 4 amide bonds. The third-order valence-electron chi connectivity index (χ3n) is 4.01. The van der Waals surface area contributed by atoms with Crippen molar-refractivity contribution in [3.05, 3.63) is 36.0 Å². The highest BCUT2D eigenvalue weighted by atomic mass is 16.2. The van der Waals surface area contributed by atoms with Crippen LogP contribution in [0.4, 0.5) is 0 Å². The Hall–Kier alpha value is -3.40. The number of amides is 4. The molecular weight excluding hydrogens is 364 g/mol. The number of fused-ring (bicyclic) bond motifs is 1. The number of aromatic amines is 1. The van der Waals surface area contributed by atoms with Crippen molar-refractivity contribution in [1.82, 2.24) is 26.3 Å². The van der Waals surface area contributed by atoms with E-state index in [0.717, 1.165) is 16.5 Å². The average molecular weight is 388 g/mol. The second-order valence-corrected chi connectivity index (χ2v) is 6.17. The number of primary amides is 1. The van der Waals surface area contributed by atoms with Gasteiger partial charge in [-0.2, -0.15) is 0 Å². The second kappa shape index (κ2) is 10.1. The topological polar surface area (TPSA) is 158 Å². The SMILES string of the molecule is CNCC(=O)NCC(=O)NCC(=O)NC(Cc1c[nH]c2ccccc12)C(N)=O. The quantitative estimate of drug-likeness (QED) is 0.281. The van der Waals surface area contributed by atoms with Crippen molar-refractivity contribution in [2.75, 3.05) is 26.7 Å². The van der Waals surface area contributed by atoms with Crippen molar-refractivity contribution in [1.29, 1.82) is 0 Å². The zero-order valence-electron chi connectivity index (χ0n) is 15.5. The Labute approximate surface area is 161 Å². The molecule has 28 heavy (non-hydrogen) atoms. The predicted octanol–water partition coefficient (Wildman–Crippen LogP) is -1.87. The number of hydrogen-bond donors (Lipinski definition) is 6. The number of rotatable bonds is 10. The summed E-state index contributed by atoms with van der Waals surface area (Å²) in [7, 11) is 1.61. The van der Waals surface area contributed by atoms with Gasteiger partial charge in [0.2, 0.25) is 23.6 Å². The Kier molecular flexibility index (Phi) is 7.52. The van der Waals surface area contributed by atoms with Crippen LogP contribution in [0, 0.1) is 0 Å². The molecule has 1 aromatic heterocycles. The number of carbonyl (C=O) groups is 4. The minimum atomic E-state index is -0.918. The van der Waals surface area contributed by atoms with Crippen LogP contribution in [0.3, 0.4) is 0 Å². The van der Waals surface area contributed by atoms with E-state index >= 15 is 0 Å². The summed E-state index contributed by atoms with van der Waals surface area (Å²) in [6.45, 7) is -0.497. The largest absolute Gasteiger partial charge is 0.368 e. The number of nitrogens with two attached hydrogens (primary N) is 1. The molecule has 0 spiro atoms. The van der Waals surface area contributed by atoms with Gasteiger partial charge in [-0.15, -0.1) is 0 Å². The van der Waals surface area contributed by atoms with E-state index in [0.29, 0.717) is 0 Å². The van der Waals surface area contributed by atoms with Crippen molar-refractivity contribution in [3.8, 4) is 0 Å². The number of H-pyrrole nitrogens is 1. The molecule has 7 N–H and O–H groups in total. The smallest absolute Gasteiger partial charge is 0.240 e. The van der Waals surface area contributed by atoms with Gasteiger partial charge in [-0.3, -0.25) is 19.2 Å². The molecule has 2 rings (SSSR count). The van der Waals surface area contributed by atoms with E-state index in [9.17, 15) is 19.2 Å². The van der Waals surface area contributed by atoms with Crippen molar-refractivity contribution >= 4 is 34.5 Å². The summed E-state index contributed by atoms with van der Waals surface area (Å²) >= 11 is 0. The summed E-state index contributed by atoms with van der Waals surface area (Å²) in [5, 5.41) is 10.9. The third-order valence-corrected chi connectivity index (χ3v) is 4.01. The molecule has 1 aromatic carbocycles. The van der Waals surface area contributed by atoms with Gasteiger partial charge in [0.15, 0.2) is 0 Å². The van der Waals surface area contributed by atoms with Crippen LogP contribution in [0.25, 0.3) is 10.9 Å². The van der Waals surface area contributed by atoms with Crippen LogP contribution in [0.1, 0.15) is 5.56 Å². The number of benzene rings is 1. The van der Waals surface area contributed by atoms with Crippen molar-refractivity contribution in [2.24, 2.45) is 5.73 Å². The molecule has 10 heteroatoms. The highest BCUT2D eigenvalue weighted by molar-refractivity contribution is 5.91. The summed E-state index contributed by atoms with van der Waals surface area (Å²) in [5.74, 6) is -2.09. The molecule has 150 valence electrons. The molecule has 0 radical (unpaired) electrons. The highest BCUT2D eigenvalue weighted by Gasteiger charge is 2.20. The summed E-state index contributed by atoms with van der Waals surface area (Å²) in [5.41, 5.74) is 7.17. The molecule has 0 bridgehead atoms. The molecule has 0 saturated carbocycles. The Bertz CT molecular complexity index is 863. The second-order valence-electron chi connectivity index (χ2n) is 6.17. The van der Waals surface area contributed by atoms with Crippen molar-refractivity contribution in [3.63, 3.8) is 0 Å². The maximum absolute atomic E-state index is 12.1. The van der Waals surface area contributed by atoms with Crippen LogP contribution >= 0.6 is 0 Å². The van der Waals surface area contributed by atoms with E-state index in [4.69, 9.17) is 5.73 Å². The fraction of sp³-hybridized carbons (Fsp3) is 0.333. The molecule has 0 aliphatic heterocycles. The monoisotopic (exact) mass is 388 g/mol. The molecule has 1 atom stereocenters. The molecule has 0 aliphatic carbocycles.